The Hall–Kier alpha value is -1.05. The molecule has 0 unspecified atom stereocenters. The van der Waals surface area contributed by atoms with Crippen molar-refractivity contribution in [2.45, 2.75) is 26.7 Å². The van der Waals surface area contributed by atoms with E-state index in [2.05, 4.69) is 18.2 Å². The molecule has 2 nitrogen and oxygen atoms in total. The van der Waals surface area contributed by atoms with Gasteiger partial charge in [0, 0.05) is 6.92 Å². The van der Waals surface area contributed by atoms with Crippen molar-refractivity contribution in [3.8, 4) is 0 Å². The van der Waals surface area contributed by atoms with E-state index in [9.17, 15) is 4.79 Å². The summed E-state index contributed by atoms with van der Waals surface area (Å²) in [6, 6.07) is 0. The molecule has 0 aromatic heterocycles. The minimum atomic E-state index is -0.323. The summed E-state index contributed by atoms with van der Waals surface area (Å²) in [5.41, 5.74) is 0. The average Bonchev–Trinajstić information content (AvgIpc) is 1.86. The molecule has 0 saturated heterocycles. The third-order valence-electron chi connectivity index (χ3n) is 1.03. The van der Waals surface area contributed by atoms with Crippen molar-refractivity contribution in [2.24, 2.45) is 0 Å². The molecule has 0 amide bonds. The van der Waals surface area contributed by atoms with Crippen molar-refractivity contribution in [3.63, 3.8) is 0 Å². The molecule has 0 aliphatic carbocycles. The van der Waals surface area contributed by atoms with Gasteiger partial charge < -0.3 is 4.74 Å². The van der Waals surface area contributed by atoms with E-state index >= 15 is 0 Å². The SMILES string of the molecule is C=C(/C=C/CCC)OC(C)=O. The van der Waals surface area contributed by atoms with Gasteiger partial charge in [0.05, 0.1) is 0 Å². The van der Waals surface area contributed by atoms with Crippen LogP contribution in [-0.2, 0) is 9.53 Å². The maximum atomic E-state index is 10.4. The number of hydrogen-bond acceptors (Lipinski definition) is 2. The fourth-order valence-electron chi connectivity index (χ4n) is 0.600. The lowest BCUT2D eigenvalue weighted by molar-refractivity contribution is -0.136. The Morgan fingerprint density at radius 2 is 2.27 bits per heavy atom. The smallest absolute Gasteiger partial charge is 0.308 e. The van der Waals surface area contributed by atoms with Crippen LogP contribution in [0.2, 0.25) is 0 Å². The van der Waals surface area contributed by atoms with Crippen LogP contribution in [0.4, 0.5) is 0 Å². The number of ether oxygens (including phenoxy) is 1. The van der Waals surface area contributed by atoms with Gasteiger partial charge in [0.25, 0.3) is 0 Å². The summed E-state index contributed by atoms with van der Waals surface area (Å²) < 4.78 is 4.68. The van der Waals surface area contributed by atoms with Crippen molar-refractivity contribution in [3.05, 3.63) is 24.5 Å². The minimum absolute atomic E-state index is 0.323. The first-order chi connectivity index (χ1) is 5.16. The van der Waals surface area contributed by atoms with Gasteiger partial charge in [0.2, 0.25) is 0 Å². The minimum Gasteiger partial charge on any atom is -0.427 e. The highest BCUT2D eigenvalue weighted by molar-refractivity contribution is 5.67. The molecule has 0 aliphatic heterocycles. The molecule has 11 heavy (non-hydrogen) atoms. The molecule has 2 heteroatoms. The Bertz CT molecular complexity index is 168. The zero-order valence-electron chi connectivity index (χ0n) is 7.09. The average molecular weight is 154 g/mol. The van der Waals surface area contributed by atoms with Crippen LogP contribution in [0.15, 0.2) is 24.5 Å². The summed E-state index contributed by atoms with van der Waals surface area (Å²) in [5, 5.41) is 0. The van der Waals surface area contributed by atoms with Crippen LogP contribution < -0.4 is 0 Å². The number of allylic oxidation sites excluding steroid dienone is 2. The lowest BCUT2D eigenvalue weighted by Crippen LogP contribution is -1.94. The summed E-state index contributed by atoms with van der Waals surface area (Å²) in [7, 11) is 0. The molecular formula is C9H14O2. The maximum absolute atomic E-state index is 10.4. The van der Waals surface area contributed by atoms with Gasteiger partial charge in [-0.15, -0.1) is 0 Å². The molecule has 0 bridgehead atoms. The van der Waals surface area contributed by atoms with Crippen molar-refractivity contribution in [1.82, 2.24) is 0 Å². The number of unbranched alkanes of at least 4 members (excludes halogenated alkanes) is 1. The van der Waals surface area contributed by atoms with Crippen molar-refractivity contribution >= 4 is 5.97 Å². The second-order valence-corrected chi connectivity index (χ2v) is 2.25. The van der Waals surface area contributed by atoms with Gasteiger partial charge in [-0.25, -0.2) is 0 Å². The molecule has 0 N–H and O–H groups in total. The van der Waals surface area contributed by atoms with Crippen molar-refractivity contribution < 1.29 is 9.53 Å². The molecule has 0 rings (SSSR count). The molecular weight excluding hydrogens is 140 g/mol. The summed E-state index contributed by atoms with van der Waals surface area (Å²) in [4.78, 5) is 10.4. The molecule has 0 radical (unpaired) electrons. The van der Waals surface area contributed by atoms with Crippen LogP contribution in [-0.4, -0.2) is 5.97 Å². The van der Waals surface area contributed by atoms with Crippen LogP contribution in [0.3, 0.4) is 0 Å². The summed E-state index contributed by atoms with van der Waals surface area (Å²) in [6.45, 7) is 6.98. The van der Waals surface area contributed by atoms with E-state index < -0.39 is 0 Å². The van der Waals surface area contributed by atoms with E-state index in [0.29, 0.717) is 5.76 Å². The van der Waals surface area contributed by atoms with Crippen LogP contribution >= 0.6 is 0 Å². The monoisotopic (exact) mass is 154 g/mol. The van der Waals surface area contributed by atoms with E-state index in [0.717, 1.165) is 12.8 Å². The number of rotatable bonds is 4. The molecule has 62 valence electrons. The lowest BCUT2D eigenvalue weighted by Gasteiger charge is -1.97. The number of carbonyl (C=O) groups excluding carboxylic acids is 1. The normalized spacial score (nSPS) is 10.0. The molecule has 0 fully saturated rings. The molecule has 0 aromatic carbocycles. The second-order valence-electron chi connectivity index (χ2n) is 2.25. The maximum Gasteiger partial charge on any atom is 0.308 e. The highest BCUT2D eigenvalue weighted by Gasteiger charge is 1.92. The summed E-state index contributed by atoms with van der Waals surface area (Å²) in [5.74, 6) is 0.0853. The Kier molecular flexibility index (Phi) is 5.17. The Balaban J connectivity index is 3.60. The Morgan fingerprint density at radius 1 is 1.64 bits per heavy atom. The Labute approximate surface area is 67.6 Å². The number of esters is 1. The van der Waals surface area contributed by atoms with Gasteiger partial charge in [0.15, 0.2) is 0 Å². The van der Waals surface area contributed by atoms with Crippen molar-refractivity contribution in [2.75, 3.05) is 0 Å². The van der Waals surface area contributed by atoms with E-state index in [1.807, 2.05) is 6.08 Å². The highest BCUT2D eigenvalue weighted by Crippen LogP contribution is 1.98. The van der Waals surface area contributed by atoms with Crippen LogP contribution in [0.5, 0.6) is 0 Å². The number of hydrogen-bond donors (Lipinski definition) is 0. The molecule has 0 aliphatic rings. The van der Waals surface area contributed by atoms with E-state index in [-0.39, 0.29) is 5.97 Å². The standard InChI is InChI=1S/C9H14O2/c1-4-5-6-7-8(2)11-9(3)10/h6-7H,2,4-5H2,1,3H3/b7-6+. The first-order valence-corrected chi connectivity index (χ1v) is 3.70. The van der Waals surface area contributed by atoms with E-state index in [1.54, 1.807) is 6.08 Å². The zero-order chi connectivity index (χ0) is 8.69. The second kappa shape index (κ2) is 5.71. The topological polar surface area (TPSA) is 26.3 Å². The lowest BCUT2D eigenvalue weighted by atomic mass is 10.3. The van der Waals surface area contributed by atoms with Gasteiger partial charge in [0.1, 0.15) is 5.76 Å². The largest absolute Gasteiger partial charge is 0.427 e. The summed E-state index contributed by atoms with van der Waals surface area (Å²) in [6.07, 6.45) is 5.72. The van der Waals surface area contributed by atoms with Crippen molar-refractivity contribution in [1.29, 1.82) is 0 Å². The third kappa shape index (κ3) is 6.84. The van der Waals surface area contributed by atoms with E-state index in [1.165, 1.54) is 6.92 Å². The first-order valence-electron chi connectivity index (χ1n) is 3.70. The predicted molar refractivity (Wildman–Crippen MR) is 45.0 cm³/mol. The first kappa shape index (κ1) is 9.95. The quantitative estimate of drug-likeness (QED) is 0.353. The molecule has 0 saturated carbocycles. The van der Waals surface area contributed by atoms with Crippen LogP contribution in [0.1, 0.15) is 26.7 Å². The van der Waals surface area contributed by atoms with Crippen LogP contribution in [0.25, 0.3) is 0 Å². The van der Waals surface area contributed by atoms with Gasteiger partial charge >= 0.3 is 5.97 Å². The fraction of sp³-hybridized carbons (Fsp3) is 0.444. The highest BCUT2D eigenvalue weighted by atomic mass is 16.5. The van der Waals surface area contributed by atoms with E-state index in [4.69, 9.17) is 0 Å². The van der Waals surface area contributed by atoms with Gasteiger partial charge in [-0.2, -0.15) is 0 Å². The van der Waals surface area contributed by atoms with Gasteiger partial charge in [-0.1, -0.05) is 26.0 Å². The molecule has 0 atom stereocenters. The Morgan fingerprint density at radius 3 is 2.73 bits per heavy atom. The zero-order valence-corrected chi connectivity index (χ0v) is 7.09. The van der Waals surface area contributed by atoms with Gasteiger partial charge in [-0.05, 0) is 12.5 Å². The van der Waals surface area contributed by atoms with Gasteiger partial charge in [-0.3, -0.25) is 4.79 Å². The third-order valence-corrected chi connectivity index (χ3v) is 1.03. The molecule has 0 spiro atoms. The fourth-order valence-corrected chi connectivity index (χ4v) is 0.600. The molecule has 0 heterocycles. The van der Waals surface area contributed by atoms with Crippen LogP contribution in [0, 0.1) is 0 Å². The predicted octanol–water partition coefficient (Wildman–Crippen LogP) is 2.42. The number of carbonyl (C=O) groups is 1. The summed E-state index contributed by atoms with van der Waals surface area (Å²) >= 11 is 0. The molecule has 0 aromatic rings.